The fourth-order valence-electron chi connectivity index (χ4n) is 3.47. The number of para-hydroxylation sites is 1. The number of rotatable bonds is 10. The zero-order valence-electron chi connectivity index (χ0n) is 19.3. The van der Waals surface area contributed by atoms with E-state index in [0.29, 0.717) is 11.1 Å². The van der Waals surface area contributed by atoms with Crippen LogP contribution < -0.4 is 4.74 Å². The highest BCUT2D eigenvalue weighted by Crippen LogP contribution is 2.30. The highest BCUT2D eigenvalue weighted by atomic mass is 35.5. The third-order valence-corrected chi connectivity index (χ3v) is 8.64. The number of benzene rings is 3. The maximum absolute atomic E-state index is 13.7. The first-order chi connectivity index (χ1) is 16.8. The second kappa shape index (κ2) is 11.0. The molecule has 192 valence electrons. The molecule has 0 aliphatic carbocycles. The van der Waals surface area contributed by atoms with Gasteiger partial charge in [0.2, 0.25) is 10.0 Å². The van der Waals surface area contributed by atoms with Crippen LogP contribution >= 0.6 is 11.6 Å². The van der Waals surface area contributed by atoms with Crippen molar-refractivity contribution in [3.63, 3.8) is 0 Å². The lowest BCUT2D eigenvalue weighted by Crippen LogP contribution is -2.30. The van der Waals surface area contributed by atoms with Crippen molar-refractivity contribution in [2.45, 2.75) is 29.0 Å². The van der Waals surface area contributed by atoms with Gasteiger partial charge in [-0.05, 0) is 41.5 Å². The van der Waals surface area contributed by atoms with E-state index < -0.39 is 31.9 Å². The minimum Gasteiger partial charge on any atom is -0.495 e. The third kappa shape index (κ3) is 6.23. The number of sulfone groups is 1. The fraction of sp³-hybridized carbons (Fsp3) is 0.208. The van der Waals surface area contributed by atoms with Crippen LogP contribution in [0, 0.1) is 0 Å². The second-order valence-electron chi connectivity index (χ2n) is 7.94. The smallest absolute Gasteiger partial charge is 0.337 e. The SMILES string of the molecule is COc1ccccc1S(=O)(=O)N(Cc1ccc(S(C)(=O)=O)cc1)Cc1ccc(C(O)C(=O)O)c(Cl)c1. The number of carboxylic acid groups (broad SMARTS) is 1. The number of sulfonamides is 1. The van der Waals surface area contributed by atoms with Gasteiger partial charge in [-0.2, -0.15) is 4.31 Å². The molecule has 0 amide bonds. The molecule has 3 aromatic rings. The number of hydrogen-bond acceptors (Lipinski definition) is 7. The van der Waals surface area contributed by atoms with Crippen LogP contribution in [0.25, 0.3) is 0 Å². The molecule has 0 radical (unpaired) electrons. The van der Waals surface area contributed by atoms with Gasteiger partial charge in [-0.25, -0.2) is 21.6 Å². The standard InChI is InChI=1S/C24H24ClNO8S2/c1-34-21-5-3-4-6-22(21)36(32,33)26(14-16-7-10-18(11-8-16)35(2,30)31)15-17-9-12-19(20(25)13-17)23(27)24(28)29/h3-13,23,27H,14-15H2,1-2H3,(H,28,29). The predicted molar refractivity (Wildman–Crippen MR) is 133 cm³/mol. The van der Waals surface area contributed by atoms with Crippen LogP contribution in [0.3, 0.4) is 0 Å². The Labute approximate surface area is 214 Å². The summed E-state index contributed by atoms with van der Waals surface area (Å²) >= 11 is 6.18. The number of aliphatic hydroxyl groups is 1. The number of hydrogen-bond donors (Lipinski definition) is 2. The molecule has 0 saturated carbocycles. The Morgan fingerprint density at radius 2 is 1.56 bits per heavy atom. The summed E-state index contributed by atoms with van der Waals surface area (Å²) in [7, 11) is -6.20. The van der Waals surface area contributed by atoms with Crippen molar-refractivity contribution < 1.29 is 36.6 Å². The summed E-state index contributed by atoms with van der Waals surface area (Å²) in [6, 6.07) is 16.2. The minimum atomic E-state index is -4.13. The molecule has 0 fully saturated rings. The zero-order valence-corrected chi connectivity index (χ0v) is 21.7. The van der Waals surface area contributed by atoms with Crippen LogP contribution in [-0.2, 0) is 37.7 Å². The average Bonchev–Trinajstić information content (AvgIpc) is 2.83. The van der Waals surface area contributed by atoms with Gasteiger partial charge in [0.05, 0.1) is 12.0 Å². The normalized spacial score (nSPS) is 12.9. The Kier molecular flexibility index (Phi) is 8.42. The zero-order chi connectivity index (χ0) is 26.7. The molecule has 0 bridgehead atoms. The molecule has 1 unspecified atom stereocenters. The molecule has 0 spiro atoms. The average molecular weight is 554 g/mol. The Bertz CT molecular complexity index is 1470. The van der Waals surface area contributed by atoms with E-state index in [1.807, 2.05) is 0 Å². The molecule has 3 rings (SSSR count). The number of carbonyl (C=O) groups is 1. The van der Waals surface area contributed by atoms with Crippen LogP contribution in [0.4, 0.5) is 0 Å². The lowest BCUT2D eigenvalue weighted by atomic mass is 10.1. The van der Waals surface area contributed by atoms with E-state index in [1.165, 1.54) is 66.0 Å². The van der Waals surface area contributed by atoms with Crippen LogP contribution in [-0.4, -0.2) is 50.7 Å². The summed E-state index contributed by atoms with van der Waals surface area (Å²) < 4.78 is 57.4. The summed E-state index contributed by atoms with van der Waals surface area (Å²) in [6.07, 6.45) is -0.747. The van der Waals surface area contributed by atoms with E-state index in [-0.39, 0.29) is 39.2 Å². The summed E-state index contributed by atoms with van der Waals surface area (Å²) in [6.45, 7) is -0.265. The van der Waals surface area contributed by atoms with Crippen LogP contribution in [0.5, 0.6) is 5.75 Å². The Hall–Kier alpha value is -2.96. The van der Waals surface area contributed by atoms with Crippen molar-refractivity contribution in [3.8, 4) is 5.75 Å². The number of aliphatic hydroxyl groups excluding tert-OH is 1. The molecule has 2 N–H and O–H groups in total. The maximum atomic E-state index is 13.7. The molecule has 1 atom stereocenters. The molecule has 3 aromatic carbocycles. The quantitative estimate of drug-likeness (QED) is 0.390. The summed E-state index contributed by atoms with van der Waals surface area (Å²) in [4.78, 5) is 11.1. The number of ether oxygens (including phenoxy) is 1. The van der Waals surface area contributed by atoms with Gasteiger partial charge in [0, 0.05) is 29.9 Å². The van der Waals surface area contributed by atoms with E-state index in [2.05, 4.69) is 0 Å². The molecular formula is C24H24ClNO8S2. The molecular weight excluding hydrogens is 530 g/mol. The molecule has 36 heavy (non-hydrogen) atoms. The van der Waals surface area contributed by atoms with Gasteiger partial charge in [-0.15, -0.1) is 0 Å². The van der Waals surface area contributed by atoms with Gasteiger partial charge in [0.1, 0.15) is 10.6 Å². The Morgan fingerprint density at radius 3 is 2.11 bits per heavy atom. The monoisotopic (exact) mass is 553 g/mol. The molecule has 0 aliphatic heterocycles. The fourth-order valence-corrected chi connectivity index (χ4v) is 5.98. The number of carboxylic acids is 1. The van der Waals surface area contributed by atoms with Gasteiger partial charge in [-0.1, -0.05) is 48.0 Å². The topological polar surface area (TPSA) is 138 Å². The molecule has 9 nitrogen and oxygen atoms in total. The van der Waals surface area contributed by atoms with Crippen molar-refractivity contribution in [2.75, 3.05) is 13.4 Å². The second-order valence-corrected chi connectivity index (χ2v) is 12.3. The highest BCUT2D eigenvalue weighted by molar-refractivity contribution is 7.90. The first-order valence-electron chi connectivity index (χ1n) is 10.5. The van der Waals surface area contributed by atoms with Crippen LogP contribution in [0.2, 0.25) is 5.02 Å². The first kappa shape index (κ1) is 27.6. The van der Waals surface area contributed by atoms with Crippen LogP contribution in [0.15, 0.2) is 76.5 Å². The first-order valence-corrected chi connectivity index (χ1v) is 14.2. The van der Waals surface area contributed by atoms with Crippen molar-refractivity contribution in [2.24, 2.45) is 0 Å². The minimum absolute atomic E-state index is 0.0246. The van der Waals surface area contributed by atoms with Crippen molar-refractivity contribution in [3.05, 3.63) is 88.4 Å². The van der Waals surface area contributed by atoms with Crippen molar-refractivity contribution in [1.82, 2.24) is 4.31 Å². The molecule has 0 heterocycles. The van der Waals surface area contributed by atoms with Gasteiger partial charge < -0.3 is 14.9 Å². The number of halogens is 1. The van der Waals surface area contributed by atoms with Crippen LogP contribution in [0.1, 0.15) is 22.8 Å². The summed E-state index contributed by atoms with van der Waals surface area (Å²) in [5.41, 5.74) is 0.945. The van der Waals surface area contributed by atoms with Gasteiger partial charge >= 0.3 is 5.97 Å². The van der Waals surface area contributed by atoms with E-state index in [1.54, 1.807) is 12.1 Å². The van der Waals surface area contributed by atoms with E-state index in [0.717, 1.165) is 6.26 Å². The van der Waals surface area contributed by atoms with Gasteiger partial charge in [0.15, 0.2) is 15.9 Å². The lowest BCUT2D eigenvalue weighted by molar-refractivity contribution is -0.146. The third-order valence-electron chi connectivity index (χ3n) is 5.35. The van der Waals surface area contributed by atoms with E-state index in [9.17, 15) is 26.7 Å². The number of nitrogens with zero attached hydrogens (tertiary/aromatic N) is 1. The summed E-state index contributed by atoms with van der Waals surface area (Å²) in [5, 5.41) is 18.8. The van der Waals surface area contributed by atoms with Crippen molar-refractivity contribution >= 4 is 37.4 Å². The molecule has 0 aliphatic rings. The lowest BCUT2D eigenvalue weighted by Gasteiger charge is -2.24. The summed E-state index contributed by atoms with van der Waals surface area (Å²) in [5.74, 6) is -1.32. The van der Waals surface area contributed by atoms with Gasteiger partial charge in [-0.3, -0.25) is 0 Å². The molecule has 0 aromatic heterocycles. The molecule has 0 saturated heterocycles. The highest BCUT2D eigenvalue weighted by Gasteiger charge is 2.29. The van der Waals surface area contributed by atoms with E-state index >= 15 is 0 Å². The van der Waals surface area contributed by atoms with E-state index in [4.69, 9.17) is 21.4 Å². The predicted octanol–water partition coefficient (Wildman–Crippen LogP) is 3.26. The Balaban J connectivity index is 2.03. The number of aliphatic carboxylic acids is 1. The largest absolute Gasteiger partial charge is 0.495 e. The van der Waals surface area contributed by atoms with Crippen molar-refractivity contribution in [1.29, 1.82) is 0 Å². The maximum Gasteiger partial charge on any atom is 0.337 e. The van der Waals surface area contributed by atoms with Gasteiger partial charge in [0.25, 0.3) is 0 Å². The Morgan fingerprint density at radius 1 is 0.972 bits per heavy atom. The number of methoxy groups -OCH3 is 1. The molecule has 12 heteroatoms.